The molecule has 0 aromatic carbocycles. The SMILES string of the molecule is CCNC(=NCc1ccco1)NCCC(=O)N1CCCC1.I. The summed E-state index contributed by atoms with van der Waals surface area (Å²) in [5.41, 5.74) is 0. The van der Waals surface area contributed by atoms with E-state index in [1.807, 2.05) is 24.0 Å². The molecule has 0 bridgehead atoms. The number of hydrogen-bond acceptors (Lipinski definition) is 3. The Labute approximate surface area is 148 Å². The predicted molar refractivity (Wildman–Crippen MR) is 97.4 cm³/mol. The van der Waals surface area contributed by atoms with Crippen molar-refractivity contribution in [3.63, 3.8) is 0 Å². The fourth-order valence-corrected chi connectivity index (χ4v) is 2.31. The van der Waals surface area contributed by atoms with E-state index in [-0.39, 0.29) is 29.9 Å². The van der Waals surface area contributed by atoms with Gasteiger partial charge in [0.2, 0.25) is 5.91 Å². The lowest BCUT2D eigenvalue weighted by Gasteiger charge is -2.16. The highest BCUT2D eigenvalue weighted by Crippen LogP contribution is 2.08. The van der Waals surface area contributed by atoms with E-state index in [1.54, 1.807) is 6.26 Å². The third kappa shape index (κ3) is 6.25. The summed E-state index contributed by atoms with van der Waals surface area (Å²) >= 11 is 0. The molecule has 0 radical (unpaired) electrons. The van der Waals surface area contributed by atoms with Gasteiger partial charge >= 0.3 is 0 Å². The van der Waals surface area contributed by atoms with Gasteiger partial charge < -0.3 is 20.0 Å². The first kappa shape index (κ1) is 18.8. The number of carbonyl (C=O) groups excluding carboxylic acids is 1. The summed E-state index contributed by atoms with van der Waals surface area (Å²) in [5.74, 6) is 1.75. The van der Waals surface area contributed by atoms with Gasteiger partial charge in [0.15, 0.2) is 5.96 Å². The molecule has 1 saturated heterocycles. The van der Waals surface area contributed by atoms with Gasteiger partial charge in [-0.3, -0.25) is 4.79 Å². The van der Waals surface area contributed by atoms with Crippen LogP contribution in [0.25, 0.3) is 0 Å². The Morgan fingerprint density at radius 2 is 2.14 bits per heavy atom. The number of guanidine groups is 1. The lowest BCUT2D eigenvalue weighted by atomic mass is 10.3. The molecule has 0 unspecified atom stereocenters. The molecule has 1 aromatic heterocycles. The second kappa shape index (κ2) is 10.5. The first-order chi connectivity index (χ1) is 10.3. The van der Waals surface area contributed by atoms with E-state index in [1.165, 1.54) is 0 Å². The molecule has 2 heterocycles. The van der Waals surface area contributed by atoms with Gasteiger partial charge in [-0.2, -0.15) is 0 Å². The number of carbonyl (C=O) groups is 1. The highest BCUT2D eigenvalue weighted by atomic mass is 127. The number of likely N-dealkylation sites (tertiary alicyclic amines) is 1. The quantitative estimate of drug-likeness (QED) is 0.420. The highest BCUT2D eigenvalue weighted by Gasteiger charge is 2.17. The van der Waals surface area contributed by atoms with Gasteiger partial charge in [-0.05, 0) is 31.9 Å². The van der Waals surface area contributed by atoms with Crippen LogP contribution < -0.4 is 10.6 Å². The van der Waals surface area contributed by atoms with E-state index < -0.39 is 0 Å². The van der Waals surface area contributed by atoms with E-state index in [9.17, 15) is 4.79 Å². The average molecular weight is 420 g/mol. The Morgan fingerprint density at radius 3 is 2.77 bits per heavy atom. The molecule has 124 valence electrons. The molecule has 1 fully saturated rings. The molecular weight excluding hydrogens is 395 g/mol. The van der Waals surface area contributed by atoms with Gasteiger partial charge in [-0.1, -0.05) is 0 Å². The van der Waals surface area contributed by atoms with Gasteiger partial charge in [-0.15, -0.1) is 24.0 Å². The minimum atomic E-state index is 0. The number of rotatable bonds is 6. The molecule has 1 aliphatic rings. The number of amides is 1. The second-order valence-corrected chi connectivity index (χ2v) is 5.04. The van der Waals surface area contributed by atoms with Crippen LogP contribution in [0.15, 0.2) is 27.8 Å². The summed E-state index contributed by atoms with van der Waals surface area (Å²) in [6.45, 7) is 5.70. The van der Waals surface area contributed by atoms with Crippen LogP contribution in [0.3, 0.4) is 0 Å². The van der Waals surface area contributed by atoms with Gasteiger partial charge in [0.1, 0.15) is 12.3 Å². The molecule has 1 aliphatic heterocycles. The Kier molecular flexibility index (Phi) is 8.95. The van der Waals surface area contributed by atoms with Crippen molar-refractivity contribution < 1.29 is 9.21 Å². The summed E-state index contributed by atoms with van der Waals surface area (Å²) in [6, 6.07) is 3.74. The van der Waals surface area contributed by atoms with E-state index in [0.29, 0.717) is 25.5 Å². The molecule has 6 nitrogen and oxygen atoms in total. The summed E-state index contributed by atoms with van der Waals surface area (Å²) in [6.07, 6.45) is 4.41. The highest BCUT2D eigenvalue weighted by molar-refractivity contribution is 14.0. The van der Waals surface area contributed by atoms with Crippen LogP contribution in [0.4, 0.5) is 0 Å². The molecule has 1 aromatic rings. The van der Waals surface area contributed by atoms with Crippen molar-refractivity contribution in [3.8, 4) is 0 Å². The van der Waals surface area contributed by atoms with Crippen molar-refractivity contribution in [1.82, 2.24) is 15.5 Å². The molecule has 0 atom stereocenters. The molecule has 2 N–H and O–H groups in total. The van der Waals surface area contributed by atoms with Crippen LogP contribution >= 0.6 is 24.0 Å². The van der Waals surface area contributed by atoms with Crippen molar-refractivity contribution in [3.05, 3.63) is 24.2 Å². The van der Waals surface area contributed by atoms with Crippen LogP contribution in [-0.2, 0) is 11.3 Å². The maximum Gasteiger partial charge on any atom is 0.224 e. The number of aliphatic imine (C=N–C) groups is 1. The number of hydrogen-bond donors (Lipinski definition) is 2. The van der Waals surface area contributed by atoms with Crippen molar-refractivity contribution in [2.75, 3.05) is 26.2 Å². The van der Waals surface area contributed by atoms with E-state index >= 15 is 0 Å². The smallest absolute Gasteiger partial charge is 0.224 e. The Balaban J connectivity index is 0.00000242. The minimum Gasteiger partial charge on any atom is -0.467 e. The van der Waals surface area contributed by atoms with E-state index in [4.69, 9.17) is 4.42 Å². The Bertz CT molecular complexity index is 456. The van der Waals surface area contributed by atoms with Gasteiger partial charge in [0.05, 0.1) is 6.26 Å². The molecular formula is C15H25IN4O2. The molecule has 0 spiro atoms. The van der Waals surface area contributed by atoms with Crippen molar-refractivity contribution in [2.24, 2.45) is 4.99 Å². The third-order valence-corrected chi connectivity index (χ3v) is 3.41. The number of nitrogens with one attached hydrogen (secondary N) is 2. The summed E-state index contributed by atoms with van der Waals surface area (Å²) < 4.78 is 5.25. The normalized spacial score (nSPS) is 14.6. The summed E-state index contributed by atoms with van der Waals surface area (Å²) in [5, 5.41) is 6.35. The van der Waals surface area contributed by atoms with Gasteiger partial charge in [-0.25, -0.2) is 4.99 Å². The first-order valence-corrected chi connectivity index (χ1v) is 7.62. The zero-order valence-electron chi connectivity index (χ0n) is 13.0. The fourth-order valence-electron chi connectivity index (χ4n) is 2.31. The second-order valence-electron chi connectivity index (χ2n) is 5.04. The zero-order valence-corrected chi connectivity index (χ0v) is 15.3. The minimum absolute atomic E-state index is 0. The number of nitrogens with zero attached hydrogens (tertiary/aromatic N) is 2. The monoisotopic (exact) mass is 420 g/mol. The number of halogens is 1. The zero-order chi connectivity index (χ0) is 14.9. The fraction of sp³-hybridized carbons (Fsp3) is 0.600. The molecule has 0 saturated carbocycles. The topological polar surface area (TPSA) is 69.9 Å². The van der Waals surface area contributed by atoms with Crippen LogP contribution in [0.2, 0.25) is 0 Å². The standard InChI is InChI=1S/C15H24N4O2.HI/c1-2-16-15(18-12-13-6-5-11-21-13)17-8-7-14(20)19-9-3-4-10-19;/h5-6,11H,2-4,7-10,12H2,1H3,(H2,16,17,18);1H. The van der Waals surface area contributed by atoms with Crippen LogP contribution in [0.5, 0.6) is 0 Å². The summed E-state index contributed by atoms with van der Waals surface area (Å²) in [4.78, 5) is 18.3. The third-order valence-electron chi connectivity index (χ3n) is 3.41. The molecule has 0 aliphatic carbocycles. The van der Waals surface area contributed by atoms with Crippen molar-refractivity contribution >= 4 is 35.8 Å². The average Bonchev–Trinajstić information content (AvgIpc) is 3.17. The maximum atomic E-state index is 11.9. The van der Waals surface area contributed by atoms with Crippen LogP contribution in [-0.4, -0.2) is 42.9 Å². The lowest BCUT2D eigenvalue weighted by Crippen LogP contribution is -2.39. The first-order valence-electron chi connectivity index (χ1n) is 7.62. The number of furan rings is 1. The van der Waals surface area contributed by atoms with E-state index in [2.05, 4.69) is 15.6 Å². The largest absolute Gasteiger partial charge is 0.467 e. The molecule has 2 rings (SSSR count). The summed E-state index contributed by atoms with van der Waals surface area (Å²) in [7, 11) is 0. The van der Waals surface area contributed by atoms with E-state index in [0.717, 1.165) is 38.2 Å². The Morgan fingerprint density at radius 1 is 1.36 bits per heavy atom. The molecule has 1 amide bonds. The lowest BCUT2D eigenvalue weighted by molar-refractivity contribution is -0.129. The Hall–Kier alpha value is -1.25. The van der Waals surface area contributed by atoms with Crippen molar-refractivity contribution in [2.45, 2.75) is 32.7 Å². The molecule has 22 heavy (non-hydrogen) atoms. The van der Waals surface area contributed by atoms with Crippen molar-refractivity contribution in [1.29, 1.82) is 0 Å². The van der Waals surface area contributed by atoms with Crippen LogP contribution in [0.1, 0.15) is 31.9 Å². The van der Waals surface area contributed by atoms with Crippen LogP contribution in [0, 0.1) is 0 Å². The maximum absolute atomic E-state index is 11.9. The molecule has 7 heteroatoms. The predicted octanol–water partition coefficient (Wildman–Crippen LogP) is 1.97. The van der Waals surface area contributed by atoms with Gasteiger partial charge in [0.25, 0.3) is 0 Å². The van der Waals surface area contributed by atoms with Gasteiger partial charge in [0, 0.05) is 32.6 Å².